The molecule has 0 atom stereocenters. The molecule has 1 saturated heterocycles. The fourth-order valence-electron chi connectivity index (χ4n) is 3.59. The molecule has 10 heteroatoms. The summed E-state index contributed by atoms with van der Waals surface area (Å²) in [5.41, 5.74) is -1.23. The van der Waals surface area contributed by atoms with Crippen LogP contribution in [0, 0.1) is 31.3 Å². The molecule has 1 aliphatic rings. The van der Waals surface area contributed by atoms with Gasteiger partial charge in [0.25, 0.3) is 5.91 Å². The number of carbonyl (C=O) groups excluding carboxylic acids is 1. The highest BCUT2D eigenvalue weighted by Crippen LogP contribution is 2.29. The van der Waals surface area contributed by atoms with Gasteiger partial charge in [-0.3, -0.25) is 4.79 Å². The van der Waals surface area contributed by atoms with Crippen LogP contribution in [-0.2, 0) is 0 Å². The van der Waals surface area contributed by atoms with Crippen molar-refractivity contribution in [2.45, 2.75) is 13.8 Å². The van der Waals surface area contributed by atoms with Gasteiger partial charge in [-0.15, -0.1) is 0 Å². The van der Waals surface area contributed by atoms with Crippen molar-refractivity contribution >= 4 is 11.7 Å². The van der Waals surface area contributed by atoms with Crippen LogP contribution in [0.5, 0.6) is 5.75 Å². The number of rotatable bonds is 3. The van der Waals surface area contributed by atoms with E-state index in [1.807, 2.05) is 4.90 Å². The number of piperazine rings is 1. The third-order valence-electron chi connectivity index (χ3n) is 5.32. The summed E-state index contributed by atoms with van der Waals surface area (Å²) in [6, 6.07) is 3.15. The molecule has 2 aromatic heterocycles. The van der Waals surface area contributed by atoms with Crippen LogP contribution in [0.25, 0.3) is 5.69 Å². The zero-order valence-corrected chi connectivity index (χ0v) is 16.9. The molecule has 31 heavy (non-hydrogen) atoms. The lowest BCUT2D eigenvalue weighted by molar-refractivity contribution is 0.0736. The van der Waals surface area contributed by atoms with E-state index in [2.05, 4.69) is 9.97 Å². The van der Waals surface area contributed by atoms with Gasteiger partial charge >= 0.3 is 0 Å². The van der Waals surface area contributed by atoms with Gasteiger partial charge in [0.05, 0.1) is 18.2 Å². The zero-order valence-electron chi connectivity index (χ0n) is 16.9. The molecule has 162 valence electrons. The van der Waals surface area contributed by atoms with E-state index >= 15 is 4.39 Å². The van der Waals surface area contributed by atoms with Crippen molar-refractivity contribution in [3.8, 4) is 11.4 Å². The van der Waals surface area contributed by atoms with Crippen molar-refractivity contribution < 1.29 is 23.1 Å². The van der Waals surface area contributed by atoms with Crippen LogP contribution in [0.2, 0.25) is 0 Å². The van der Waals surface area contributed by atoms with Gasteiger partial charge in [-0.05, 0) is 26.0 Å². The molecule has 1 N–H and O–H groups in total. The Hall–Kier alpha value is -3.56. The minimum atomic E-state index is -1.26. The number of pyridine rings is 1. The van der Waals surface area contributed by atoms with Crippen LogP contribution >= 0.6 is 0 Å². The van der Waals surface area contributed by atoms with E-state index in [9.17, 15) is 18.7 Å². The Morgan fingerprint density at radius 3 is 2.29 bits per heavy atom. The molecule has 0 saturated carbocycles. The maximum Gasteiger partial charge on any atom is 0.260 e. The van der Waals surface area contributed by atoms with E-state index < -0.39 is 40.2 Å². The quantitative estimate of drug-likeness (QED) is 0.690. The third kappa shape index (κ3) is 3.69. The Morgan fingerprint density at radius 2 is 1.71 bits per heavy atom. The van der Waals surface area contributed by atoms with E-state index in [0.29, 0.717) is 24.6 Å². The first kappa shape index (κ1) is 20.7. The average Bonchev–Trinajstić information content (AvgIpc) is 3.18. The molecular formula is C21H20F3N5O2. The molecule has 1 aliphatic heterocycles. The summed E-state index contributed by atoms with van der Waals surface area (Å²) in [6.07, 6.45) is 3.93. The first-order chi connectivity index (χ1) is 14.8. The van der Waals surface area contributed by atoms with Gasteiger partial charge in [0.1, 0.15) is 28.6 Å². The number of hydrogen-bond acceptors (Lipinski definition) is 5. The van der Waals surface area contributed by atoms with Gasteiger partial charge in [-0.25, -0.2) is 23.1 Å². The average molecular weight is 431 g/mol. The van der Waals surface area contributed by atoms with Crippen LogP contribution in [0.15, 0.2) is 30.9 Å². The first-order valence-electron chi connectivity index (χ1n) is 9.65. The minimum Gasteiger partial charge on any atom is -0.506 e. The second-order valence-electron chi connectivity index (χ2n) is 7.37. The predicted octanol–water partition coefficient (Wildman–Crippen LogP) is 2.97. The van der Waals surface area contributed by atoms with E-state index in [0.717, 1.165) is 4.57 Å². The van der Waals surface area contributed by atoms with Crippen molar-refractivity contribution in [3.05, 3.63) is 65.1 Å². The summed E-state index contributed by atoms with van der Waals surface area (Å²) in [6.45, 7) is 4.01. The second-order valence-corrected chi connectivity index (χ2v) is 7.37. The number of aryl methyl sites for hydroxylation is 1. The summed E-state index contributed by atoms with van der Waals surface area (Å²) >= 11 is 0. The third-order valence-corrected chi connectivity index (χ3v) is 5.32. The molecule has 0 aliphatic carbocycles. The standard InChI is InChI=1S/C21H20F3N5O2/c1-12-10-29(11-26-12)20-18(23)13(2)17(22)16(19(20)24)21(31)28-7-5-27(6-8-28)15-4-3-14(30)9-25-15/h3-4,9-11,30H,5-8H2,1-2H3. The molecule has 0 bridgehead atoms. The van der Waals surface area contributed by atoms with Crippen molar-refractivity contribution in [2.75, 3.05) is 31.1 Å². The molecule has 1 amide bonds. The predicted molar refractivity (Wildman–Crippen MR) is 107 cm³/mol. The number of hydrogen-bond donors (Lipinski definition) is 1. The molecule has 0 unspecified atom stereocenters. The molecule has 1 fully saturated rings. The van der Waals surface area contributed by atoms with Gasteiger partial charge in [0, 0.05) is 37.9 Å². The molecule has 3 heterocycles. The number of aromatic nitrogens is 3. The molecular weight excluding hydrogens is 411 g/mol. The molecule has 3 aromatic rings. The van der Waals surface area contributed by atoms with Crippen LogP contribution < -0.4 is 4.90 Å². The second kappa shape index (κ2) is 7.93. The van der Waals surface area contributed by atoms with Crippen molar-refractivity contribution in [2.24, 2.45) is 0 Å². The minimum absolute atomic E-state index is 0.0408. The van der Waals surface area contributed by atoms with Crippen LogP contribution in [0.3, 0.4) is 0 Å². The Bertz CT molecular complexity index is 1140. The van der Waals surface area contributed by atoms with Gasteiger partial charge < -0.3 is 19.5 Å². The van der Waals surface area contributed by atoms with Gasteiger partial charge in [0.15, 0.2) is 11.6 Å². The highest BCUT2D eigenvalue weighted by atomic mass is 19.1. The Morgan fingerprint density at radius 1 is 1.00 bits per heavy atom. The largest absolute Gasteiger partial charge is 0.506 e. The van der Waals surface area contributed by atoms with E-state index in [1.54, 1.807) is 13.0 Å². The number of aromatic hydroxyl groups is 1. The zero-order chi connectivity index (χ0) is 22.3. The van der Waals surface area contributed by atoms with Crippen molar-refractivity contribution in [1.29, 1.82) is 0 Å². The summed E-state index contributed by atoms with van der Waals surface area (Å²) in [5.74, 6) is -3.72. The Labute approximate surface area is 176 Å². The van der Waals surface area contributed by atoms with Crippen LogP contribution in [0.1, 0.15) is 21.6 Å². The SMILES string of the molecule is Cc1cn(-c2c(F)c(C)c(F)c(C(=O)N3CCN(c4ccc(O)cn4)CC3)c2F)cn1. The molecule has 7 nitrogen and oxygen atoms in total. The van der Waals surface area contributed by atoms with Gasteiger partial charge in [0.2, 0.25) is 0 Å². The topological polar surface area (TPSA) is 74.5 Å². The van der Waals surface area contributed by atoms with Crippen LogP contribution in [0.4, 0.5) is 19.0 Å². The lowest BCUT2D eigenvalue weighted by atomic mass is 10.0. The van der Waals surface area contributed by atoms with Crippen LogP contribution in [-0.4, -0.2) is 56.6 Å². The van der Waals surface area contributed by atoms with Crippen molar-refractivity contribution in [3.63, 3.8) is 0 Å². The van der Waals surface area contributed by atoms with E-state index in [1.165, 1.54) is 36.6 Å². The Kier molecular flexibility index (Phi) is 5.30. The number of nitrogens with zero attached hydrogens (tertiary/aromatic N) is 5. The summed E-state index contributed by atoms with van der Waals surface area (Å²) in [5, 5.41) is 9.36. The number of benzene rings is 1. The Balaban J connectivity index is 1.62. The fraction of sp³-hybridized carbons (Fsp3) is 0.286. The summed E-state index contributed by atoms with van der Waals surface area (Å²) < 4.78 is 45.8. The first-order valence-corrected chi connectivity index (χ1v) is 9.65. The number of anilines is 1. The maximum absolute atomic E-state index is 15.2. The summed E-state index contributed by atoms with van der Waals surface area (Å²) in [4.78, 5) is 24.3. The number of carbonyl (C=O) groups is 1. The lowest BCUT2D eigenvalue weighted by Gasteiger charge is -2.35. The molecule has 0 spiro atoms. The number of imidazole rings is 1. The highest BCUT2D eigenvalue weighted by Gasteiger charge is 2.32. The normalized spacial score (nSPS) is 14.2. The molecule has 4 rings (SSSR count). The number of amides is 1. The number of halogens is 3. The van der Waals surface area contributed by atoms with Gasteiger partial charge in [-0.2, -0.15) is 0 Å². The highest BCUT2D eigenvalue weighted by molar-refractivity contribution is 5.96. The smallest absolute Gasteiger partial charge is 0.260 e. The van der Waals surface area contributed by atoms with Gasteiger partial charge in [-0.1, -0.05) is 0 Å². The summed E-state index contributed by atoms with van der Waals surface area (Å²) in [7, 11) is 0. The lowest BCUT2D eigenvalue weighted by Crippen LogP contribution is -2.49. The van der Waals surface area contributed by atoms with E-state index in [-0.39, 0.29) is 18.8 Å². The fourth-order valence-corrected chi connectivity index (χ4v) is 3.59. The van der Waals surface area contributed by atoms with Crippen molar-refractivity contribution in [1.82, 2.24) is 19.4 Å². The maximum atomic E-state index is 15.2. The monoisotopic (exact) mass is 431 g/mol. The van der Waals surface area contributed by atoms with E-state index in [4.69, 9.17) is 0 Å². The molecule has 1 aromatic carbocycles. The molecule has 0 radical (unpaired) electrons.